The molecule has 2 aliphatic heterocycles. The second-order valence-corrected chi connectivity index (χ2v) is 7.97. The number of likely N-dealkylation sites (tertiary alicyclic amines) is 1. The van der Waals surface area contributed by atoms with Gasteiger partial charge in [0.15, 0.2) is 5.69 Å². The molecule has 2 saturated heterocycles. The molecule has 0 atom stereocenters. The molecule has 3 fully saturated rings. The first-order chi connectivity index (χ1) is 13.6. The molecule has 146 valence electrons. The number of morpholine rings is 1. The van der Waals surface area contributed by atoms with Gasteiger partial charge in [-0.25, -0.2) is 0 Å². The summed E-state index contributed by atoms with van der Waals surface area (Å²) in [6, 6.07) is 11.5. The van der Waals surface area contributed by atoms with E-state index in [0.29, 0.717) is 44.1 Å². The monoisotopic (exact) mass is 381 g/mol. The number of hydrogen-bond acceptors (Lipinski definition) is 5. The molecule has 5 rings (SSSR count). The molecule has 7 heteroatoms. The molecule has 1 aromatic heterocycles. The van der Waals surface area contributed by atoms with E-state index in [1.165, 1.54) is 0 Å². The number of carbonyl (C=O) groups is 2. The Hall–Kier alpha value is -2.67. The Morgan fingerprint density at radius 1 is 1.14 bits per heavy atom. The number of carbonyl (C=O) groups excluding carboxylic acids is 2. The Labute approximate surface area is 163 Å². The number of piperidine rings is 1. The molecule has 0 N–H and O–H groups in total. The number of rotatable bonds is 3. The number of para-hydroxylation sites is 1. The fraction of sp³-hybridized carbons (Fsp3) is 0.476. The van der Waals surface area contributed by atoms with Crippen LogP contribution < -0.4 is 4.90 Å². The Bertz CT molecular complexity index is 882. The van der Waals surface area contributed by atoms with Gasteiger partial charge in [0, 0.05) is 30.8 Å². The Morgan fingerprint density at radius 2 is 1.89 bits per heavy atom. The highest BCUT2D eigenvalue weighted by Crippen LogP contribution is 2.40. The second kappa shape index (κ2) is 6.74. The molecular formula is C21H23N3O4. The van der Waals surface area contributed by atoms with Crippen LogP contribution in [0.5, 0.6) is 0 Å². The Balaban J connectivity index is 1.25. The standard InChI is InChI=1S/C21H23N3O4/c25-19-13-27-21(14-24(19)16-4-2-1-3-5-16)8-10-23(11-9-21)20(26)17-12-18(28-22-17)15-6-7-15/h1-5,12,15H,6-11,13-14H2. The van der Waals surface area contributed by atoms with E-state index < -0.39 is 5.60 Å². The average Bonchev–Trinajstić information content (AvgIpc) is 3.47. The summed E-state index contributed by atoms with van der Waals surface area (Å²) in [5, 5.41) is 3.97. The molecule has 3 aliphatic rings. The lowest BCUT2D eigenvalue weighted by Gasteiger charge is -2.46. The first kappa shape index (κ1) is 17.4. The summed E-state index contributed by atoms with van der Waals surface area (Å²) in [6.07, 6.45) is 3.62. The molecule has 3 heterocycles. The van der Waals surface area contributed by atoms with Crippen LogP contribution in [0.25, 0.3) is 0 Å². The normalized spacial score (nSPS) is 21.9. The predicted octanol–water partition coefficient (Wildman–Crippen LogP) is 2.59. The van der Waals surface area contributed by atoms with E-state index in [-0.39, 0.29) is 18.4 Å². The summed E-state index contributed by atoms with van der Waals surface area (Å²) in [5.41, 5.74) is 0.885. The van der Waals surface area contributed by atoms with Crippen LogP contribution in [0.3, 0.4) is 0 Å². The Morgan fingerprint density at radius 3 is 2.61 bits per heavy atom. The van der Waals surface area contributed by atoms with Crippen LogP contribution in [0.1, 0.15) is 47.8 Å². The van der Waals surface area contributed by atoms with Gasteiger partial charge in [-0.2, -0.15) is 0 Å². The fourth-order valence-electron chi connectivity index (χ4n) is 4.09. The van der Waals surface area contributed by atoms with Gasteiger partial charge in [0.05, 0.1) is 12.1 Å². The van der Waals surface area contributed by atoms with Crippen molar-refractivity contribution in [2.45, 2.75) is 37.2 Å². The van der Waals surface area contributed by atoms with Crippen molar-refractivity contribution in [2.24, 2.45) is 0 Å². The van der Waals surface area contributed by atoms with Crippen molar-refractivity contribution in [1.82, 2.24) is 10.1 Å². The van der Waals surface area contributed by atoms with Crippen LogP contribution in [0.15, 0.2) is 40.9 Å². The minimum absolute atomic E-state index is 0.0227. The molecule has 28 heavy (non-hydrogen) atoms. The summed E-state index contributed by atoms with van der Waals surface area (Å²) in [5.74, 6) is 1.16. The van der Waals surface area contributed by atoms with E-state index in [9.17, 15) is 9.59 Å². The number of nitrogens with zero attached hydrogens (tertiary/aromatic N) is 3. The first-order valence-corrected chi connectivity index (χ1v) is 9.89. The van der Waals surface area contributed by atoms with Crippen LogP contribution >= 0.6 is 0 Å². The second-order valence-electron chi connectivity index (χ2n) is 7.97. The molecule has 7 nitrogen and oxygen atoms in total. The van der Waals surface area contributed by atoms with Crippen LogP contribution in [0, 0.1) is 0 Å². The first-order valence-electron chi connectivity index (χ1n) is 9.89. The van der Waals surface area contributed by atoms with Gasteiger partial charge < -0.3 is 19.1 Å². The van der Waals surface area contributed by atoms with Crippen LogP contribution in [-0.2, 0) is 9.53 Å². The van der Waals surface area contributed by atoms with Crippen molar-refractivity contribution < 1.29 is 18.8 Å². The number of aromatic nitrogens is 1. The van der Waals surface area contributed by atoms with E-state index >= 15 is 0 Å². The zero-order chi connectivity index (χ0) is 19.1. The van der Waals surface area contributed by atoms with Gasteiger partial charge in [0.25, 0.3) is 11.8 Å². The van der Waals surface area contributed by atoms with E-state index in [4.69, 9.17) is 9.26 Å². The summed E-state index contributed by atoms with van der Waals surface area (Å²) in [4.78, 5) is 28.7. The average molecular weight is 381 g/mol. The molecule has 0 bridgehead atoms. The van der Waals surface area contributed by atoms with Gasteiger partial charge in [-0.15, -0.1) is 0 Å². The van der Waals surface area contributed by atoms with Gasteiger partial charge in [-0.3, -0.25) is 9.59 Å². The topological polar surface area (TPSA) is 75.9 Å². The number of ether oxygens (including phenoxy) is 1. The quantitative estimate of drug-likeness (QED) is 0.817. The van der Waals surface area contributed by atoms with Gasteiger partial charge in [-0.1, -0.05) is 23.4 Å². The Kier molecular flexibility index (Phi) is 4.19. The minimum atomic E-state index is -0.399. The summed E-state index contributed by atoms with van der Waals surface area (Å²) in [6.45, 7) is 1.77. The SMILES string of the molecule is O=C(c1cc(C2CC2)on1)N1CCC2(CC1)CN(c1ccccc1)C(=O)CO2. The van der Waals surface area contributed by atoms with Crippen molar-refractivity contribution in [3.05, 3.63) is 47.9 Å². The minimum Gasteiger partial charge on any atom is -0.363 e. The maximum absolute atomic E-state index is 12.8. The lowest BCUT2D eigenvalue weighted by molar-refractivity contribution is -0.143. The number of amides is 2. The van der Waals surface area contributed by atoms with Crippen LogP contribution in [0.2, 0.25) is 0 Å². The van der Waals surface area contributed by atoms with Crippen molar-refractivity contribution in [2.75, 3.05) is 31.1 Å². The summed E-state index contributed by atoms with van der Waals surface area (Å²) < 4.78 is 11.3. The highest BCUT2D eigenvalue weighted by atomic mass is 16.5. The van der Waals surface area contributed by atoms with E-state index in [2.05, 4.69) is 5.16 Å². The highest BCUT2D eigenvalue weighted by Gasteiger charge is 2.43. The molecule has 1 aromatic carbocycles. The third-order valence-corrected chi connectivity index (χ3v) is 6.01. The van der Waals surface area contributed by atoms with Crippen molar-refractivity contribution >= 4 is 17.5 Å². The largest absolute Gasteiger partial charge is 0.363 e. The zero-order valence-electron chi connectivity index (χ0n) is 15.7. The third-order valence-electron chi connectivity index (χ3n) is 6.01. The number of hydrogen-bond donors (Lipinski definition) is 0. The maximum Gasteiger partial charge on any atom is 0.276 e. The zero-order valence-corrected chi connectivity index (χ0v) is 15.7. The molecule has 2 aromatic rings. The molecule has 0 radical (unpaired) electrons. The smallest absolute Gasteiger partial charge is 0.276 e. The molecule has 2 amide bonds. The van der Waals surface area contributed by atoms with E-state index in [1.54, 1.807) is 11.0 Å². The summed E-state index contributed by atoms with van der Waals surface area (Å²) in [7, 11) is 0. The van der Waals surface area contributed by atoms with E-state index in [0.717, 1.165) is 24.3 Å². The lowest BCUT2D eigenvalue weighted by Crippen LogP contribution is -2.59. The summed E-state index contributed by atoms with van der Waals surface area (Å²) >= 11 is 0. The molecule has 1 saturated carbocycles. The predicted molar refractivity (Wildman–Crippen MR) is 101 cm³/mol. The third kappa shape index (κ3) is 3.20. The van der Waals surface area contributed by atoms with Crippen molar-refractivity contribution in [1.29, 1.82) is 0 Å². The number of anilines is 1. The molecule has 1 aliphatic carbocycles. The highest BCUT2D eigenvalue weighted by molar-refractivity contribution is 5.95. The van der Waals surface area contributed by atoms with Crippen molar-refractivity contribution in [3.8, 4) is 0 Å². The van der Waals surface area contributed by atoms with Gasteiger partial charge in [0.2, 0.25) is 0 Å². The molecule has 1 spiro atoms. The maximum atomic E-state index is 12.8. The van der Waals surface area contributed by atoms with E-state index in [1.807, 2.05) is 35.2 Å². The molecule has 0 unspecified atom stereocenters. The van der Waals surface area contributed by atoms with Crippen molar-refractivity contribution in [3.63, 3.8) is 0 Å². The lowest BCUT2D eigenvalue weighted by atomic mass is 9.89. The fourth-order valence-corrected chi connectivity index (χ4v) is 4.09. The number of benzene rings is 1. The van der Waals surface area contributed by atoms with Gasteiger partial charge in [0.1, 0.15) is 12.4 Å². The van der Waals surface area contributed by atoms with Crippen LogP contribution in [-0.4, -0.2) is 53.7 Å². The van der Waals surface area contributed by atoms with Gasteiger partial charge in [-0.05, 0) is 37.8 Å². The van der Waals surface area contributed by atoms with Crippen LogP contribution in [0.4, 0.5) is 5.69 Å². The molecular weight excluding hydrogens is 358 g/mol. The van der Waals surface area contributed by atoms with Gasteiger partial charge >= 0.3 is 0 Å².